The van der Waals surface area contributed by atoms with E-state index in [0.29, 0.717) is 24.1 Å². The summed E-state index contributed by atoms with van der Waals surface area (Å²) in [6, 6.07) is 7.15. The van der Waals surface area contributed by atoms with Gasteiger partial charge in [-0.05, 0) is 61.1 Å². The molecule has 4 rings (SSSR count). The van der Waals surface area contributed by atoms with Gasteiger partial charge in [-0.25, -0.2) is 4.39 Å². The Labute approximate surface area is 238 Å². The Morgan fingerprint density at radius 2 is 1.95 bits per heavy atom. The van der Waals surface area contributed by atoms with Crippen LogP contribution in [0.1, 0.15) is 38.3 Å². The third-order valence-corrected chi connectivity index (χ3v) is 8.24. The molecule has 9 nitrogen and oxygen atoms in total. The van der Waals surface area contributed by atoms with Crippen LogP contribution in [0.5, 0.6) is 5.88 Å². The molecule has 0 saturated carbocycles. The van der Waals surface area contributed by atoms with Crippen LogP contribution >= 0.6 is 8.30 Å². The fraction of sp³-hybridized carbons (Fsp3) is 0.333. The number of pyridine rings is 2. The second-order valence-electron chi connectivity index (χ2n) is 9.69. The minimum Gasteiger partial charge on any atom is -0.859 e. The minimum absolute atomic E-state index is 0. The molecule has 37 heavy (non-hydrogen) atoms. The number of aromatic nitrogens is 1. The normalized spacial score (nSPS) is 15.2. The first-order chi connectivity index (χ1) is 16.8. The summed E-state index contributed by atoms with van der Waals surface area (Å²) in [5, 5.41) is 19.2. The summed E-state index contributed by atoms with van der Waals surface area (Å²) in [6.07, 6.45) is 1.92. The van der Waals surface area contributed by atoms with Crippen molar-refractivity contribution in [1.29, 1.82) is 0 Å². The van der Waals surface area contributed by atoms with Gasteiger partial charge in [0.25, 0.3) is 10.0 Å². The second kappa shape index (κ2) is 11.0. The van der Waals surface area contributed by atoms with E-state index in [4.69, 9.17) is 4.52 Å². The third kappa shape index (κ3) is 6.19. The van der Waals surface area contributed by atoms with E-state index < -0.39 is 41.0 Å². The smallest absolute Gasteiger partial charge is 0.859 e. The molecule has 2 aromatic heterocycles. The molecule has 2 N–H and O–H groups in total. The van der Waals surface area contributed by atoms with Gasteiger partial charge in [0, 0.05) is 24.6 Å². The van der Waals surface area contributed by atoms with Crippen LogP contribution in [0.3, 0.4) is 0 Å². The van der Waals surface area contributed by atoms with E-state index in [1.54, 1.807) is 6.07 Å². The van der Waals surface area contributed by atoms with Gasteiger partial charge in [-0.1, -0.05) is 20.8 Å². The molecule has 1 atom stereocenters. The van der Waals surface area contributed by atoms with Crippen LogP contribution in [-0.2, 0) is 21.0 Å². The molecule has 1 unspecified atom stereocenters. The van der Waals surface area contributed by atoms with Gasteiger partial charge in [0.05, 0.1) is 16.8 Å². The summed E-state index contributed by atoms with van der Waals surface area (Å²) in [7, 11) is -3.72. The largest absolute Gasteiger partial charge is 1.00 e. The van der Waals surface area contributed by atoms with Gasteiger partial charge in [0.2, 0.25) is 0 Å². The number of aryl methyl sites for hydroxylation is 1. The minimum atomic E-state index is -4.26. The van der Waals surface area contributed by atoms with Crippen molar-refractivity contribution in [2.45, 2.75) is 38.5 Å². The standard InChI is InChI=1S/C24H28FN4O5PS.Na/c1-24(2,3)11-10-16-18-9-6-14(25)13-29(18)23(31)20(21(16)30)22-26-17-8-7-15(27-35(5)34-4)12-19(17)36(32,33)28-22;/h6-9,12-13,27,31H,10-11H2,1-5H3,(H,26,28);/q;+1/p-1. The van der Waals surface area contributed by atoms with Gasteiger partial charge in [0.1, 0.15) is 19.0 Å². The molecule has 13 heteroatoms. The molecule has 0 fully saturated rings. The Morgan fingerprint density at radius 3 is 2.59 bits per heavy atom. The van der Waals surface area contributed by atoms with Gasteiger partial charge in [-0.2, -0.15) is 8.42 Å². The second-order valence-corrected chi connectivity index (χ2v) is 12.9. The van der Waals surface area contributed by atoms with Crippen molar-refractivity contribution in [2.24, 2.45) is 9.81 Å². The molecule has 0 spiro atoms. The Bertz CT molecular complexity index is 1550. The Hall–Kier alpha value is -2.01. The van der Waals surface area contributed by atoms with E-state index in [9.17, 15) is 22.7 Å². The molecular weight excluding hydrogens is 529 g/mol. The molecule has 192 valence electrons. The number of anilines is 2. The SMILES string of the molecule is COP(C)Nc1ccc2c(c1)S(=O)(=O)N=C(c1c([O-])n3cc(F)ccc3c(CCC(C)(C)C)c1=O)N2.[Na+]. The monoisotopic (exact) mass is 556 g/mol. The topological polar surface area (TPSA) is 124 Å². The fourth-order valence-electron chi connectivity index (χ4n) is 3.89. The fourth-order valence-corrected chi connectivity index (χ4v) is 5.63. The van der Waals surface area contributed by atoms with Crippen molar-refractivity contribution in [3.63, 3.8) is 0 Å². The number of fused-ring (bicyclic) bond motifs is 2. The number of nitrogens with one attached hydrogen (secondary N) is 2. The van der Waals surface area contributed by atoms with Crippen molar-refractivity contribution < 1.29 is 52.0 Å². The summed E-state index contributed by atoms with van der Waals surface area (Å²) < 4.78 is 50.3. The number of hydrogen-bond acceptors (Lipinski definition) is 7. The number of sulfonamides is 1. The molecule has 1 aliphatic heterocycles. The summed E-state index contributed by atoms with van der Waals surface area (Å²) in [4.78, 5) is 13.5. The summed E-state index contributed by atoms with van der Waals surface area (Å²) in [5.41, 5.74) is 0.0688. The van der Waals surface area contributed by atoms with Crippen LogP contribution in [0.2, 0.25) is 0 Å². The van der Waals surface area contributed by atoms with Crippen LogP contribution in [0, 0.1) is 11.2 Å². The van der Waals surface area contributed by atoms with Crippen molar-refractivity contribution in [1.82, 2.24) is 4.40 Å². The molecular formula is C24H27FN4NaO5PS. The van der Waals surface area contributed by atoms with Gasteiger partial charge in [-0.15, -0.1) is 4.40 Å². The van der Waals surface area contributed by atoms with Crippen molar-refractivity contribution in [3.05, 3.63) is 63.7 Å². The average Bonchev–Trinajstić information content (AvgIpc) is 2.78. The van der Waals surface area contributed by atoms with Crippen LogP contribution in [0.25, 0.3) is 5.52 Å². The number of halogens is 1. The molecule has 3 heterocycles. The Balaban J connectivity index is 0.00000380. The molecule has 0 amide bonds. The average molecular weight is 557 g/mol. The van der Waals surface area contributed by atoms with Crippen LogP contribution < -0.4 is 50.5 Å². The first-order valence-electron chi connectivity index (χ1n) is 11.2. The first-order valence-corrected chi connectivity index (χ1v) is 14.3. The van der Waals surface area contributed by atoms with Crippen LogP contribution in [-0.4, -0.2) is 32.4 Å². The number of rotatable bonds is 6. The maximum atomic E-state index is 14.1. The van der Waals surface area contributed by atoms with E-state index in [1.807, 2.05) is 27.4 Å². The maximum Gasteiger partial charge on any atom is 1.00 e. The van der Waals surface area contributed by atoms with Crippen molar-refractivity contribution in [3.8, 4) is 5.88 Å². The zero-order valence-corrected chi connectivity index (χ0v) is 25.3. The quantitative estimate of drug-likeness (QED) is 0.344. The summed E-state index contributed by atoms with van der Waals surface area (Å²) in [5.74, 6) is -1.91. The van der Waals surface area contributed by atoms with Gasteiger partial charge < -0.3 is 24.4 Å². The Morgan fingerprint density at radius 1 is 1.24 bits per heavy atom. The zero-order valence-electron chi connectivity index (χ0n) is 21.5. The summed E-state index contributed by atoms with van der Waals surface area (Å²) >= 11 is 0. The van der Waals surface area contributed by atoms with E-state index in [1.165, 1.54) is 31.4 Å². The van der Waals surface area contributed by atoms with Crippen LogP contribution in [0.15, 0.2) is 50.6 Å². The molecule has 0 aliphatic carbocycles. The molecule has 1 aromatic carbocycles. The van der Waals surface area contributed by atoms with E-state index in [-0.39, 0.29) is 56.9 Å². The van der Waals surface area contributed by atoms with Crippen molar-refractivity contribution in [2.75, 3.05) is 24.2 Å². The van der Waals surface area contributed by atoms with Gasteiger partial charge in [-0.3, -0.25) is 4.79 Å². The van der Waals surface area contributed by atoms with Crippen LogP contribution in [0.4, 0.5) is 15.8 Å². The van der Waals surface area contributed by atoms with Gasteiger partial charge >= 0.3 is 29.6 Å². The van der Waals surface area contributed by atoms with E-state index in [0.717, 1.165) is 10.6 Å². The predicted molar refractivity (Wildman–Crippen MR) is 138 cm³/mol. The molecule has 3 aromatic rings. The molecule has 0 saturated heterocycles. The maximum absolute atomic E-state index is 14.1. The number of nitrogens with zero attached hydrogens (tertiary/aromatic N) is 2. The van der Waals surface area contributed by atoms with Gasteiger partial charge in [0.15, 0.2) is 11.3 Å². The van der Waals surface area contributed by atoms with E-state index in [2.05, 4.69) is 14.8 Å². The third-order valence-electron chi connectivity index (χ3n) is 5.80. The van der Waals surface area contributed by atoms with E-state index >= 15 is 0 Å². The number of benzene rings is 1. The predicted octanol–water partition coefficient (Wildman–Crippen LogP) is 1.06. The number of hydrogen-bond donors (Lipinski definition) is 2. The molecule has 1 aliphatic rings. The number of amidine groups is 1. The molecule has 0 bridgehead atoms. The Kier molecular flexibility index (Phi) is 8.78. The summed E-state index contributed by atoms with van der Waals surface area (Å²) in [6.45, 7) is 7.87. The first kappa shape index (κ1) is 29.5. The zero-order chi connectivity index (χ0) is 26.4. The molecule has 0 radical (unpaired) electrons. The van der Waals surface area contributed by atoms with Crippen molar-refractivity contribution >= 4 is 41.0 Å².